The zero-order valence-electron chi connectivity index (χ0n) is 13.1. The van der Waals surface area contributed by atoms with E-state index >= 15 is 0 Å². The zero-order valence-corrected chi connectivity index (χ0v) is 14.0. The van der Waals surface area contributed by atoms with Crippen LogP contribution in [0.2, 0.25) is 0 Å². The van der Waals surface area contributed by atoms with Gasteiger partial charge in [0.25, 0.3) is 0 Å². The van der Waals surface area contributed by atoms with Crippen LogP contribution in [-0.4, -0.2) is 37.4 Å². The molecule has 1 fully saturated rings. The van der Waals surface area contributed by atoms with Crippen molar-refractivity contribution in [2.24, 2.45) is 0 Å². The third-order valence-corrected chi connectivity index (χ3v) is 5.85. The van der Waals surface area contributed by atoms with E-state index in [9.17, 15) is 8.42 Å². The third kappa shape index (κ3) is 3.87. The van der Waals surface area contributed by atoms with Crippen molar-refractivity contribution in [3.63, 3.8) is 0 Å². The van der Waals surface area contributed by atoms with Crippen molar-refractivity contribution < 1.29 is 8.42 Å². The first-order valence-corrected chi connectivity index (χ1v) is 9.37. The van der Waals surface area contributed by atoms with Crippen molar-refractivity contribution in [2.45, 2.75) is 57.0 Å². The fourth-order valence-electron chi connectivity index (χ4n) is 2.88. The Bertz CT molecular complexity index is 520. The molecule has 6 heteroatoms. The Balaban J connectivity index is 2.28. The van der Waals surface area contributed by atoms with E-state index in [-0.39, 0.29) is 0 Å². The summed E-state index contributed by atoms with van der Waals surface area (Å²) in [5.74, 6) is 0. The van der Waals surface area contributed by atoms with Crippen LogP contribution in [0.25, 0.3) is 0 Å². The maximum atomic E-state index is 12.8. The average Bonchev–Trinajstić information content (AvgIpc) is 2.69. The van der Waals surface area contributed by atoms with E-state index in [2.05, 4.69) is 16.8 Å². The van der Waals surface area contributed by atoms with Crippen LogP contribution in [0.3, 0.4) is 0 Å². The summed E-state index contributed by atoms with van der Waals surface area (Å²) in [6.07, 6.45) is 7.00. The van der Waals surface area contributed by atoms with E-state index < -0.39 is 10.0 Å². The molecule has 1 N–H and O–H groups in total. The number of aryl methyl sites for hydroxylation is 1. The van der Waals surface area contributed by atoms with Crippen molar-refractivity contribution in [3.8, 4) is 0 Å². The molecule has 0 amide bonds. The standard InChI is InChI=1S/C15H27N3O2S/c1-3-8-17-13-15(11-14(17)12-16-2)21(19,20)18-9-6-4-5-7-10-18/h11,13,16H,3-10,12H2,1-2H3. The Morgan fingerprint density at radius 2 is 1.86 bits per heavy atom. The molecule has 1 aliphatic rings. The van der Waals surface area contributed by atoms with Gasteiger partial charge in [0.2, 0.25) is 10.0 Å². The van der Waals surface area contributed by atoms with Crippen molar-refractivity contribution in [3.05, 3.63) is 18.0 Å². The maximum Gasteiger partial charge on any atom is 0.244 e. The van der Waals surface area contributed by atoms with Gasteiger partial charge in [-0.3, -0.25) is 0 Å². The molecule has 0 atom stereocenters. The third-order valence-electron chi connectivity index (χ3n) is 3.99. The predicted octanol–water partition coefficient (Wildman–Crippen LogP) is 2.18. The highest BCUT2D eigenvalue weighted by molar-refractivity contribution is 7.89. The van der Waals surface area contributed by atoms with Gasteiger partial charge >= 0.3 is 0 Å². The van der Waals surface area contributed by atoms with Crippen molar-refractivity contribution in [2.75, 3.05) is 20.1 Å². The molecule has 0 bridgehead atoms. The molecule has 1 saturated heterocycles. The zero-order chi connectivity index (χ0) is 15.3. The molecule has 21 heavy (non-hydrogen) atoms. The first-order chi connectivity index (χ1) is 10.1. The summed E-state index contributed by atoms with van der Waals surface area (Å²) in [5.41, 5.74) is 1.03. The highest BCUT2D eigenvalue weighted by Crippen LogP contribution is 2.22. The second kappa shape index (κ2) is 7.42. The van der Waals surface area contributed by atoms with Crippen LogP contribution in [-0.2, 0) is 23.1 Å². The molecular weight excluding hydrogens is 286 g/mol. The summed E-state index contributed by atoms with van der Waals surface area (Å²) in [6, 6.07) is 1.83. The van der Waals surface area contributed by atoms with Gasteiger partial charge in [0.05, 0.1) is 0 Å². The molecule has 0 aliphatic carbocycles. The second-order valence-corrected chi connectivity index (χ2v) is 7.65. The lowest BCUT2D eigenvalue weighted by Crippen LogP contribution is -2.31. The first-order valence-electron chi connectivity index (χ1n) is 7.93. The number of hydrogen-bond donors (Lipinski definition) is 1. The predicted molar refractivity (Wildman–Crippen MR) is 84.7 cm³/mol. The molecule has 0 unspecified atom stereocenters. The van der Waals surface area contributed by atoms with Crippen LogP contribution < -0.4 is 5.32 Å². The smallest absolute Gasteiger partial charge is 0.244 e. The van der Waals surface area contributed by atoms with Gasteiger partial charge in [-0.15, -0.1) is 0 Å². The number of rotatable bonds is 6. The Kier molecular flexibility index (Phi) is 5.84. The molecule has 0 radical (unpaired) electrons. The van der Waals surface area contributed by atoms with Crippen molar-refractivity contribution >= 4 is 10.0 Å². The minimum Gasteiger partial charge on any atom is -0.349 e. The molecule has 1 aromatic heterocycles. The summed E-state index contributed by atoms with van der Waals surface area (Å²) in [6.45, 7) is 4.96. The van der Waals surface area contributed by atoms with Crippen LogP contribution >= 0.6 is 0 Å². The number of aromatic nitrogens is 1. The number of hydrogen-bond acceptors (Lipinski definition) is 3. The van der Waals surface area contributed by atoms with E-state index in [1.165, 1.54) is 0 Å². The molecule has 0 spiro atoms. The fraction of sp³-hybridized carbons (Fsp3) is 0.733. The summed E-state index contributed by atoms with van der Waals surface area (Å²) in [4.78, 5) is 0.447. The molecule has 1 aliphatic heterocycles. The summed E-state index contributed by atoms with van der Waals surface area (Å²) >= 11 is 0. The highest BCUT2D eigenvalue weighted by atomic mass is 32.2. The van der Waals surface area contributed by atoms with E-state index in [0.29, 0.717) is 24.5 Å². The average molecular weight is 313 g/mol. The van der Waals surface area contributed by atoms with E-state index in [0.717, 1.165) is 44.3 Å². The lowest BCUT2D eigenvalue weighted by Gasteiger charge is -2.18. The number of sulfonamides is 1. The Hall–Kier alpha value is -0.850. The van der Waals surface area contributed by atoms with Crippen LogP contribution in [0, 0.1) is 0 Å². The van der Waals surface area contributed by atoms with Gasteiger partial charge in [-0.1, -0.05) is 19.8 Å². The second-order valence-electron chi connectivity index (χ2n) is 5.71. The molecular formula is C15H27N3O2S. The van der Waals surface area contributed by atoms with Crippen LogP contribution in [0.1, 0.15) is 44.7 Å². The topological polar surface area (TPSA) is 54.3 Å². The minimum absolute atomic E-state index is 0.447. The highest BCUT2D eigenvalue weighted by Gasteiger charge is 2.26. The quantitative estimate of drug-likeness (QED) is 0.876. The molecule has 0 saturated carbocycles. The van der Waals surface area contributed by atoms with E-state index in [4.69, 9.17) is 0 Å². The van der Waals surface area contributed by atoms with Crippen molar-refractivity contribution in [1.29, 1.82) is 0 Å². The van der Waals surface area contributed by atoms with Gasteiger partial charge in [0.1, 0.15) is 4.90 Å². The molecule has 2 heterocycles. The van der Waals surface area contributed by atoms with Gasteiger partial charge in [-0.05, 0) is 32.4 Å². The van der Waals surface area contributed by atoms with Gasteiger partial charge < -0.3 is 9.88 Å². The molecule has 5 nitrogen and oxygen atoms in total. The van der Waals surface area contributed by atoms with Crippen LogP contribution in [0.15, 0.2) is 17.2 Å². The Labute approximate surface area is 128 Å². The SMILES string of the molecule is CCCn1cc(S(=O)(=O)N2CCCCCC2)cc1CNC. The lowest BCUT2D eigenvalue weighted by atomic mass is 10.2. The summed E-state index contributed by atoms with van der Waals surface area (Å²) < 4.78 is 29.3. The molecule has 2 rings (SSSR count). The van der Waals surface area contributed by atoms with Crippen LogP contribution in [0.4, 0.5) is 0 Å². The van der Waals surface area contributed by atoms with Crippen molar-refractivity contribution in [1.82, 2.24) is 14.2 Å². The van der Waals surface area contributed by atoms with E-state index in [1.54, 1.807) is 10.5 Å². The first kappa shape index (κ1) is 16.5. The monoisotopic (exact) mass is 313 g/mol. The largest absolute Gasteiger partial charge is 0.349 e. The van der Waals surface area contributed by atoms with Gasteiger partial charge in [-0.25, -0.2) is 8.42 Å². The fourth-order valence-corrected chi connectivity index (χ4v) is 4.46. The molecule has 120 valence electrons. The van der Waals surface area contributed by atoms with Crippen LogP contribution in [0.5, 0.6) is 0 Å². The normalized spacial score (nSPS) is 17.8. The number of nitrogens with zero attached hydrogens (tertiary/aromatic N) is 2. The Morgan fingerprint density at radius 1 is 1.19 bits per heavy atom. The summed E-state index contributed by atoms with van der Waals surface area (Å²) in [5, 5.41) is 3.11. The minimum atomic E-state index is -3.34. The number of nitrogens with one attached hydrogen (secondary N) is 1. The maximum absolute atomic E-state index is 12.8. The lowest BCUT2D eigenvalue weighted by molar-refractivity contribution is 0.423. The molecule has 1 aromatic rings. The molecule has 0 aromatic carbocycles. The Morgan fingerprint density at radius 3 is 2.43 bits per heavy atom. The van der Waals surface area contributed by atoms with Gasteiger partial charge in [0, 0.05) is 38.1 Å². The van der Waals surface area contributed by atoms with Gasteiger partial charge in [0.15, 0.2) is 0 Å². The summed E-state index contributed by atoms with van der Waals surface area (Å²) in [7, 11) is -1.46. The van der Waals surface area contributed by atoms with E-state index in [1.807, 2.05) is 13.1 Å². The van der Waals surface area contributed by atoms with Gasteiger partial charge in [-0.2, -0.15) is 4.31 Å².